The van der Waals surface area contributed by atoms with Crippen LogP contribution in [0.1, 0.15) is 40.4 Å². The van der Waals surface area contributed by atoms with Crippen LogP contribution in [0.2, 0.25) is 0 Å². The van der Waals surface area contributed by atoms with Gasteiger partial charge in [-0.3, -0.25) is 4.79 Å². The summed E-state index contributed by atoms with van der Waals surface area (Å²) in [5, 5.41) is 3.43. The Bertz CT molecular complexity index is 1170. The van der Waals surface area contributed by atoms with E-state index in [9.17, 15) is 9.59 Å². The van der Waals surface area contributed by atoms with E-state index in [1.54, 1.807) is 0 Å². The summed E-state index contributed by atoms with van der Waals surface area (Å²) in [6.45, 7) is 5.15. The summed E-state index contributed by atoms with van der Waals surface area (Å²) >= 11 is 0. The molecule has 0 aromatic heterocycles. The van der Waals surface area contributed by atoms with Crippen molar-refractivity contribution < 1.29 is 18.8 Å². The highest BCUT2D eigenvalue weighted by atomic mass is 16.5. The lowest BCUT2D eigenvalue weighted by Gasteiger charge is -2.51. The van der Waals surface area contributed by atoms with Gasteiger partial charge in [-0.15, -0.1) is 0 Å². The number of ether oxygens (including phenoxy) is 1. The number of piperidine rings is 3. The zero-order valence-corrected chi connectivity index (χ0v) is 20.2. The molecule has 0 unspecified atom stereocenters. The quantitative estimate of drug-likeness (QED) is 0.280. The first-order chi connectivity index (χ1) is 17.0. The van der Waals surface area contributed by atoms with E-state index >= 15 is 0 Å². The molecule has 0 saturated carbocycles. The SMILES string of the molecule is Cc1ccccc1N[C@@H](C(=O)O[C@H]1C[N+]2(CC(=O)c3ccccc3)CCC1CC2)c1ccccc1. The van der Waals surface area contributed by atoms with Crippen LogP contribution in [0.25, 0.3) is 0 Å². The molecule has 0 amide bonds. The summed E-state index contributed by atoms with van der Waals surface area (Å²) in [7, 11) is 0. The predicted molar refractivity (Wildman–Crippen MR) is 137 cm³/mol. The van der Waals surface area contributed by atoms with Crippen molar-refractivity contribution in [2.45, 2.75) is 31.9 Å². The maximum atomic E-state index is 13.6. The number of carbonyl (C=O) groups is 2. The molecule has 180 valence electrons. The van der Waals surface area contributed by atoms with Gasteiger partial charge in [0.05, 0.1) is 13.1 Å². The zero-order chi connectivity index (χ0) is 24.3. The third-order valence-electron chi connectivity index (χ3n) is 7.70. The van der Waals surface area contributed by atoms with Crippen LogP contribution in [0.3, 0.4) is 0 Å². The van der Waals surface area contributed by atoms with Gasteiger partial charge in [0, 0.05) is 30.0 Å². The number of carbonyl (C=O) groups excluding carboxylic acids is 2. The normalized spacial score (nSPS) is 23.9. The fraction of sp³-hybridized carbons (Fsp3) is 0.333. The van der Waals surface area contributed by atoms with Crippen molar-refractivity contribution in [3.8, 4) is 0 Å². The number of hydrogen-bond donors (Lipinski definition) is 1. The van der Waals surface area contributed by atoms with Gasteiger partial charge in [0.15, 0.2) is 12.1 Å². The minimum Gasteiger partial charge on any atom is -0.454 e. The van der Waals surface area contributed by atoms with Gasteiger partial charge < -0.3 is 14.5 Å². The number of para-hydroxylation sites is 1. The van der Waals surface area contributed by atoms with Crippen molar-refractivity contribution >= 4 is 17.4 Å². The Morgan fingerprint density at radius 1 is 0.914 bits per heavy atom. The molecule has 6 rings (SSSR count). The van der Waals surface area contributed by atoms with E-state index in [-0.39, 0.29) is 17.9 Å². The number of nitrogens with zero attached hydrogens (tertiary/aromatic N) is 1. The maximum Gasteiger partial charge on any atom is 0.333 e. The van der Waals surface area contributed by atoms with Gasteiger partial charge in [0.2, 0.25) is 5.78 Å². The average Bonchev–Trinajstić information content (AvgIpc) is 2.89. The van der Waals surface area contributed by atoms with E-state index < -0.39 is 6.04 Å². The minimum atomic E-state index is -0.591. The molecular weight excluding hydrogens is 436 g/mol. The molecule has 2 bridgehead atoms. The monoisotopic (exact) mass is 469 g/mol. The molecule has 3 heterocycles. The van der Waals surface area contributed by atoms with Crippen molar-refractivity contribution in [2.75, 3.05) is 31.5 Å². The van der Waals surface area contributed by atoms with Gasteiger partial charge in [-0.25, -0.2) is 4.79 Å². The molecule has 35 heavy (non-hydrogen) atoms. The summed E-state index contributed by atoms with van der Waals surface area (Å²) < 4.78 is 6.95. The third kappa shape index (κ3) is 5.15. The smallest absolute Gasteiger partial charge is 0.333 e. The number of benzene rings is 3. The lowest BCUT2D eigenvalue weighted by molar-refractivity contribution is -0.938. The van der Waals surface area contributed by atoms with E-state index in [1.807, 2.05) is 91.9 Å². The molecule has 3 aromatic rings. The highest BCUT2D eigenvalue weighted by Crippen LogP contribution is 2.37. The molecule has 0 aliphatic carbocycles. The summed E-state index contributed by atoms with van der Waals surface area (Å²) in [5.41, 5.74) is 3.63. The number of anilines is 1. The number of hydrogen-bond acceptors (Lipinski definition) is 4. The van der Waals surface area contributed by atoms with Crippen LogP contribution in [0.5, 0.6) is 0 Å². The van der Waals surface area contributed by atoms with Crippen LogP contribution in [0.15, 0.2) is 84.9 Å². The molecule has 3 aliphatic rings. The Morgan fingerprint density at radius 2 is 1.54 bits per heavy atom. The van der Waals surface area contributed by atoms with Crippen LogP contribution < -0.4 is 5.32 Å². The van der Waals surface area contributed by atoms with Gasteiger partial charge in [-0.05, 0) is 24.1 Å². The number of Topliss-reactive ketones (excluding diaryl/α,β-unsaturated/α-hetero) is 1. The minimum absolute atomic E-state index is 0.166. The summed E-state index contributed by atoms with van der Waals surface area (Å²) in [6.07, 6.45) is 1.81. The second-order valence-electron chi connectivity index (χ2n) is 10.0. The van der Waals surface area contributed by atoms with E-state index in [2.05, 4.69) is 5.32 Å². The summed E-state index contributed by atoms with van der Waals surface area (Å²) in [5.74, 6) is 0.269. The Hall–Kier alpha value is -3.44. The molecule has 3 aromatic carbocycles. The molecule has 5 nitrogen and oxygen atoms in total. The van der Waals surface area contributed by atoms with E-state index in [4.69, 9.17) is 4.74 Å². The van der Waals surface area contributed by atoms with Crippen molar-refractivity contribution in [1.29, 1.82) is 0 Å². The lowest BCUT2D eigenvalue weighted by Crippen LogP contribution is -2.65. The third-order valence-corrected chi connectivity index (χ3v) is 7.70. The number of ketones is 1. The zero-order valence-electron chi connectivity index (χ0n) is 20.2. The van der Waals surface area contributed by atoms with Gasteiger partial charge in [-0.2, -0.15) is 0 Å². The van der Waals surface area contributed by atoms with Gasteiger partial charge in [-0.1, -0.05) is 78.9 Å². The Morgan fingerprint density at radius 3 is 2.23 bits per heavy atom. The molecule has 3 aliphatic heterocycles. The summed E-state index contributed by atoms with van der Waals surface area (Å²) in [4.78, 5) is 26.6. The highest BCUT2D eigenvalue weighted by Gasteiger charge is 2.49. The van der Waals surface area contributed by atoms with Crippen LogP contribution in [-0.4, -0.2) is 48.5 Å². The molecule has 3 fully saturated rings. The van der Waals surface area contributed by atoms with Crippen LogP contribution in [0.4, 0.5) is 5.69 Å². The summed E-state index contributed by atoms with van der Waals surface area (Å²) in [6, 6.07) is 26.7. The highest BCUT2D eigenvalue weighted by molar-refractivity contribution is 5.97. The molecular formula is C30H33N2O3+. The number of fused-ring (bicyclic) bond motifs is 3. The topological polar surface area (TPSA) is 55.4 Å². The van der Waals surface area contributed by atoms with Crippen LogP contribution in [0, 0.1) is 12.8 Å². The Balaban J connectivity index is 1.32. The first kappa shape index (κ1) is 23.3. The lowest BCUT2D eigenvalue weighted by atomic mass is 9.82. The maximum absolute atomic E-state index is 13.6. The van der Waals surface area contributed by atoms with Crippen molar-refractivity contribution in [2.24, 2.45) is 5.92 Å². The first-order valence-corrected chi connectivity index (χ1v) is 12.5. The van der Waals surface area contributed by atoms with E-state index in [1.165, 1.54) is 0 Å². The first-order valence-electron chi connectivity index (χ1n) is 12.5. The number of aryl methyl sites for hydroxylation is 1. The molecule has 5 heteroatoms. The molecule has 0 radical (unpaired) electrons. The number of quaternary nitrogens is 1. The largest absolute Gasteiger partial charge is 0.454 e. The Kier molecular flexibility index (Phi) is 6.69. The number of esters is 1. The standard InChI is InChI=1S/C30H33N2O3/c1-22-10-8-9-15-26(22)31-29(25-13-6-3-7-14-25)30(34)35-28-21-32(18-16-24(28)17-19-32)20-27(33)23-11-4-2-5-12-23/h2-15,24,28-29,31H,16-21H2,1H3/q+1/t24?,28-,29+,32?/m0/s1. The van der Waals surface area contributed by atoms with Crippen molar-refractivity contribution in [3.63, 3.8) is 0 Å². The molecule has 1 N–H and O–H groups in total. The van der Waals surface area contributed by atoms with Crippen molar-refractivity contribution in [3.05, 3.63) is 102 Å². The average molecular weight is 470 g/mol. The fourth-order valence-corrected chi connectivity index (χ4v) is 5.63. The van der Waals surface area contributed by atoms with Gasteiger partial charge in [0.1, 0.15) is 13.1 Å². The number of nitrogens with one attached hydrogen (secondary N) is 1. The van der Waals surface area contributed by atoms with Crippen LogP contribution in [-0.2, 0) is 9.53 Å². The number of rotatable bonds is 8. The Labute approximate surface area is 207 Å². The van der Waals surface area contributed by atoms with Gasteiger partial charge in [0.25, 0.3) is 0 Å². The van der Waals surface area contributed by atoms with E-state index in [0.29, 0.717) is 23.5 Å². The predicted octanol–water partition coefficient (Wildman–Crippen LogP) is 5.18. The molecule has 0 spiro atoms. The van der Waals surface area contributed by atoms with Crippen LogP contribution >= 0.6 is 0 Å². The van der Waals surface area contributed by atoms with Crippen molar-refractivity contribution in [1.82, 2.24) is 0 Å². The molecule has 2 atom stereocenters. The second kappa shape index (κ2) is 10.0. The van der Waals surface area contributed by atoms with Gasteiger partial charge >= 0.3 is 5.97 Å². The second-order valence-corrected chi connectivity index (χ2v) is 10.0. The fourth-order valence-electron chi connectivity index (χ4n) is 5.63. The van der Waals surface area contributed by atoms with E-state index in [0.717, 1.165) is 48.3 Å². The molecule has 3 saturated heterocycles.